The molecule has 1 heterocycles. The molecule has 2 aromatic carbocycles. The van der Waals surface area contributed by atoms with Crippen LogP contribution < -0.4 is 0 Å². The van der Waals surface area contributed by atoms with Gasteiger partial charge in [-0.15, -0.1) is 0 Å². The van der Waals surface area contributed by atoms with E-state index in [0.29, 0.717) is 18.0 Å². The molecule has 0 saturated heterocycles. The Morgan fingerprint density at radius 3 is 2.48 bits per heavy atom. The Morgan fingerprint density at radius 2 is 1.79 bits per heavy atom. The highest BCUT2D eigenvalue weighted by Gasteiger charge is 2.18. The van der Waals surface area contributed by atoms with E-state index in [1.807, 2.05) is 24.3 Å². The van der Waals surface area contributed by atoms with Crippen molar-refractivity contribution in [2.24, 2.45) is 11.8 Å². The number of nitrogens with zero attached hydrogens (tertiary/aromatic N) is 3. The molecule has 3 aromatic rings. The average molecular weight is 446 g/mol. The van der Waals surface area contributed by atoms with Gasteiger partial charge in [0.2, 0.25) is 0 Å². The lowest BCUT2D eigenvalue weighted by atomic mass is 9.87. The van der Waals surface area contributed by atoms with E-state index in [-0.39, 0.29) is 0 Å². The Morgan fingerprint density at radius 1 is 1.06 bits per heavy atom. The summed E-state index contributed by atoms with van der Waals surface area (Å²) in [5, 5.41) is 14.4. The van der Waals surface area contributed by atoms with Crippen LogP contribution in [0, 0.1) is 11.8 Å². The third-order valence-electron chi connectivity index (χ3n) is 6.69. The zero-order chi connectivity index (χ0) is 23.2. The Bertz CT molecular complexity index is 1060. The highest BCUT2D eigenvalue weighted by atomic mass is 16.4. The third kappa shape index (κ3) is 6.10. The van der Waals surface area contributed by atoms with Crippen LogP contribution in [0.25, 0.3) is 11.1 Å². The van der Waals surface area contributed by atoms with E-state index < -0.39 is 5.97 Å². The van der Waals surface area contributed by atoms with E-state index in [4.69, 9.17) is 10.1 Å². The van der Waals surface area contributed by atoms with Crippen molar-refractivity contribution in [2.75, 3.05) is 0 Å². The number of carboxylic acid groups (broad SMARTS) is 1. The number of aryl methyl sites for hydroxylation is 1. The molecule has 4 rings (SSSR count). The first-order valence-corrected chi connectivity index (χ1v) is 12.3. The van der Waals surface area contributed by atoms with Gasteiger partial charge >= 0.3 is 5.97 Å². The van der Waals surface area contributed by atoms with Gasteiger partial charge in [0.1, 0.15) is 5.82 Å². The molecule has 1 fully saturated rings. The molecule has 174 valence electrons. The normalized spacial score (nSPS) is 14.6. The van der Waals surface area contributed by atoms with Gasteiger partial charge in [0.15, 0.2) is 5.82 Å². The van der Waals surface area contributed by atoms with Crippen molar-refractivity contribution in [3.05, 3.63) is 71.3 Å². The predicted octanol–water partition coefficient (Wildman–Crippen LogP) is 6.40. The van der Waals surface area contributed by atoms with Crippen LogP contribution in [-0.2, 0) is 19.4 Å². The van der Waals surface area contributed by atoms with Crippen LogP contribution in [0.3, 0.4) is 0 Å². The van der Waals surface area contributed by atoms with Gasteiger partial charge < -0.3 is 5.11 Å². The minimum absolute atomic E-state index is 0.324. The number of benzene rings is 2. The van der Waals surface area contributed by atoms with Crippen LogP contribution in [0.5, 0.6) is 0 Å². The van der Waals surface area contributed by atoms with Crippen molar-refractivity contribution >= 4 is 5.97 Å². The Kier molecular flexibility index (Phi) is 7.58. The van der Waals surface area contributed by atoms with Gasteiger partial charge in [-0.2, -0.15) is 5.10 Å². The average Bonchev–Trinajstić information content (AvgIpc) is 3.19. The van der Waals surface area contributed by atoms with Gasteiger partial charge in [-0.25, -0.2) is 14.5 Å². The van der Waals surface area contributed by atoms with Gasteiger partial charge in [-0.1, -0.05) is 88.4 Å². The van der Waals surface area contributed by atoms with Gasteiger partial charge in [-0.3, -0.25) is 0 Å². The summed E-state index contributed by atoms with van der Waals surface area (Å²) >= 11 is 0. The number of carboxylic acids is 1. The van der Waals surface area contributed by atoms with Crippen molar-refractivity contribution in [3.63, 3.8) is 0 Å². The Balaban J connectivity index is 1.52. The zero-order valence-electron chi connectivity index (χ0n) is 19.8. The second kappa shape index (κ2) is 10.8. The number of rotatable bonds is 9. The van der Waals surface area contributed by atoms with Crippen LogP contribution in [0.15, 0.2) is 48.5 Å². The van der Waals surface area contributed by atoms with E-state index in [0.717, 1.165) is 53.5 Å². The molecule has 0 spiro atoms. The predicted molar refractivity (Wildman–Crippen MR) is 131 cm³/mol. The monoisotopic (exact) mass is 445 g/mol. The summed E-state index contributed by atoms with van der Waals surface area (Å²) < 4.78 is 2.08. The molecule has 0 radical (unpaired) electrons. The van der Waals surface area contributed by atoms with Crippen molar-refractivity contribution in [1.82, 2.24) is 14.8 Å². The summed E-state index contributed by atoms with van der Waals surface area (Å²) in [7, 11) is 0. The number of hydrogen-bond donors (Lipinski definition) is 1. The Labute approximate surface area is 196 Å². The molecule has 33 heavy (non-hydrogen) atoms. The summed E-state index contributed by atoms with van der Waals surface area (Å²) in [5.41, 5.74) is 3.12. The molecular formula is C28H35N3O2. The molecule has 5 nitrogen and oxygen atoms in total. The third-order valence-corrected chi connectivity index (χ3v) is 6.69. The summed E-state index contributed by atoms with van der Waals surface area (Å²) in [4.78, 5) is 16.5. The number of carbonyl (C=O) groups is 1. The molecule has 1 N–H and O–H groups in total. The molecular weight excluding hydrogens is 410 g/mol. The zero-order valence-corrected chi connectivity index (χ0v) is 19.8. The molecule has 1 aliphatic rings. The summed E-state index contributed by atoms with van der Waals surface area (Å²) in [5.74, 6) is 2.52. The maximum absolute atomic E-state index is 11.6. The highest BCUT2D eigenvalue weighted by Crippen LogP contribution is 2.27. The van der Waals surface area contributed by atoms with Gasteiger partial charge in [0.25, 0.3) is 0 Å². The standard InChI is InChI=1S/C28H35N3O2/c1-20(2)12-17-27-29-26(18-21-8-4-3-5-9-21)30-31(27)19-22-13-15-23(16-14-22)24-10-6-7-11-25(24)28(32)33/h6-7,10-11,13-16,20-21H,3-5,8-9,12,17-19H2,1-2H3,(H,32,33). The first-order chi connectivity index (χ1) is 16.0. The summed E-state index contributed by atoms with van der Waals surface area (Å²) in [6.07, 6.45) is 9.68. The van der Waals surface area contributed by atoms with E-state index in [1.165, 1.54) is 32.1 Å². The molecule has 1 aliphatic carbocycles. The molecule has 0 bridgehead atoms. The van der Waals surface area contributed by atoms with Crippen LogP contribution in [0.4, 0.5) is 0 Å². The molecule has 0 amide bonds. The fraction of sp³-hybridized carbons (Fsp3) is 0.464. The minimum atomic E-state index is -0.905. The van der Waals surface area contributed by atoms with E-state index in [2.05, 4.69) is 30.7 Å². The topological polar surface area (TPSA) is 68.0 Å². The lowest BCUT2D eigenvalue weighted by Gasteiger charge is -2.19. The van der Waals surface area contributed by atoms with Crippen LogP contribution in [-0.4, -0.2) is 25.8 Å². The lowest BCUT2D eigenvalue weighted by Crippen LogP contribution is -2.11. The molecule has 0 unspecified atom stereocenters. The fourth-order valence-corrected chi connectivity index (χ4v) is 4.78. The molecule has 1 aromatic heterocycles. The van der Waals surface area contributed by atoms with Crippen molar-refractivity contribution in [3.8, 4) is 11.1 Å². The van der Waals surface area contributed by atoms with Gasteiger partial charge in [0.05, 0.1) is 12.1 Å². The van der Waals surface area contributed by atoms with Crippen molar-refractivity contribution in [1.29, 1.82) is 0 Å². The summed E-state index contributed by atoms with van der Waals surface area (Å²) in [6.45, 7) is 5.18. The summed E-state index contributed by atoms with van der Waals surface area (Å²) in [6, 6.07) is 15.3. The van der Waals surface area contributed by atoms with Crippen molar-refractivity contribution < 1.29 is 9.90 Å². The van der Waals surface area contributed by atoms with Crippen molar-refractivity contribution in [2.45, 2.75) is 71.8 Å². The maximum atomic E-state index is 11.6. The SMILES string of the molecule is CC(C)CCc1nc(CC2CCCCC2)nn1Cc1ccc(-c2ccccc2C(=O)O)cc1. The quantitative estimate of drug-likeness (QED) is 0.414. The number of aromatic carboxylic acids is 1. The lowest BCUT2D eigenvalue weighted by molar-refractivity contribution is 0.0697. The van der Waals surface area contributed by atoms with Crippen LogP contribution in [0.1, 0.15) is 79.9 Å². The van der Waals surface area contributed by atoms with Gasteiger partial charge in [0, 0.05) is 12.8 Å². The smallest absolute Gasteiger partial charge is 0.336 e. The second-order valence-electron chi connectivity index (χ2n) is 9.79. The molecule has 1 saturated carbocycles. The minimum Gasteiger partial charge on any atom is -0.478 e. The number of hydrogen-bond acceptors (Lipinski definition) is 3. The van der Waals surface area contributed by atoms with Crippen LogP contribution in [0.2, 0.25) is 0 Å². The van der Waals surface area contributed by atoms with Gasteiger partial charge in [-0.05, 0) is 41.0 Å². The Hall–Kier alpha value is -2.95. The maximum Gasteiger partial charge on any atom is 0.336 e. The van der Waals surface area contributed by atoms with E-state index in [1.54, 1.807) is 12.1 Å². The van der Waals surface area contributed by atoms with Crippen LogP contribution >= 0.6 is 0 Å². The number of aromatic nitrogens is 3. The van der Waals surface area contributed by atoms with E-state index >= 15 is 0 Å². The molecule has 5 heteroatoms. The molecule has 0 aliphatic heterocycles. The van der Waals surface area contributed by atoms with E-state index in [9.17, 15) is 9.90 Å². The first kappa shape index (κ1) is 23.2. The second-order valence-corrected chi connectivity index (χ2v) is 9.79. The first-order valence-electron chi connectivity index (χ1n) is 12.3. The molecule has 0 atom stereocenters. The highest BCUT2D eigenvalue weighted by molar-refractivity contribution is 5.95. The largest absolute Gasteiger partial charge is 0.478 e. The fourth-order valence-electron chi connectivity index (χ4n) is 4.78.